The molecule has 2 atom stereocenters. The zero-order valence-corrected chi connectivity index (χ0v) is 22.1. The standard InChI is InChI=1S/C16H31O4Si.3CH3.Sn/c1-14(2,3)21(7,8)20-13-9-10-16(11-17,15(13,4)5)19-12-18-6;;;;/h9,13,17H,11-12H2,1-8H3;3*1H3;/t13-,16-;;;;/m0..../s1. The second-order valence-electron chi connectivity index (χ2n) is 10.4. The second-order valence-corrected chi connectivity index (χ2v) is 29.5. The van der Waals surface area contributed by atoms with Crippen molar-refractivity contribution in [3.8, 4) is 0 Å². The van der Waals surface area contributed by atoms with Crippen LogP contribution in [0.1, 0.15) is 34.6 Å². The number of aliphatic hydroxyl groups excluding tert-OH is 1. The minimum absolute atomic E-state index is 0.0409. The van der Waals surface area contributed by atoms with Gasteiger partial charge < -0.3 is 0 Å². The molecule has 0 saturated carbocycles. The van der Waals surface area contributed by atoms with E-state index >= 15 is 0 Å². The molecule has 0 spiro atoms. The summed E-state index contributed by atoms with van der Waals surface area (Å²) in [5, 5.41) is 10.6. The first-order chi connectivity index (χ1) is 11.1. The molecule has 148 valence electrons. The first kappa shape index (κ1) is 23.6. The number of rotatable bonds is 7. The van der Waals surface area contributed by atoms with Crippen molar-refractivity contribution < 1.29 is 19.0 Å². The van der Waals surface area contributed by atoms with Crippen molar-refractivity contribution in [1.82, 2.24) is 0 Å². The number of methoxy groups -OCH3 is 1. The number of hydrogen-bond donors (Lipinski definition) is 1. The average Bonchev–Trinajstić information content (AvgIpc) is 2.63. The predicted octanol–water partition coefficient (Wildman–Crippen LogP) is 4.57. The summed E-state index contributed by atoms with van der Waals surface area (Å²) in [4.78, 5) is 7.10. The summed E-state index contributed by atoms with van der Waals surface area (Å²) in [6.07, 6.45) is 2.24. The molecule has 0 aromatic heterocycles. The molecule has 0 saturated heterocycles. The first-order valence-electron chi connectivity index (χ1n) is 9.21. The molecule has 0 aromatic carbocycles. The molecule has 1 N–H and O–H groups in total. The van der Waals surface area contributed by atoms with Crippen molar-refractivity contribution in [3.63, 3.8) is 0 Å². The van der Waals surface area contributed by atoms with Crippen LogP contribution in [0.3, 0.4) is 0 Å². The summed E-state index contributed by atoms with van der Waals surface area (Å²) in [6.45, 7) is 15.8. The molecule has 1 aliphatic carbocycles. The zero-order valence-electron chi connectivity index (χ0n) is 18.2. The van der Waals surface area contributed by atoms with Gasteiger partial charge >= 0.3 is 161 Å². The van der Waals surface area contributed by atoms with Crippen molar-refractivity contribution in [3.05, 3.63) is 9.67 Å². The molecule has 1 rings (SSSR count). The van der Waals surface area contributed by atoms with Crippen molar-refractivity contribution in [1.29, 1.82) is 0 Å². The zero-order chi connectivity index (χ0) is 19.9. The molecule has 0 radical (unpaired) electrons. The molecule has 6 heteroatoms. The van der Waals surface area contributed by atoms with Gasteiger partial charge in [-0.15, -0.1) is 0 Å². The van der Waals surface area contributed by atoms with Gasteiger partial charge in [0.15, 0.2) is 0 Å². The Bertz CT molecular complexity index is 503. The van der Waals surface area contributed by atoms with Crippen molar-refractivity contribution in [2.75, 3.05) is 20.5 Å². The van der Waals surface area contributed by atoms with E-state index in [1.807, 2.05) is 0 Å². The van der Waals surface area contributed by atoms with Crippen LogP contribution < -0.4 is 0 Å². The van der Waals surface area contributed by atoms with Gasteiger partial charge in [0.25, 0.3) is 0 Å². The molecule has 4 nitrogen and oxygen atoms in total. The van der Waals surface area contributed by atoms with E-state index in [-0.39, 0.29) is 30.0 Å². The predicted molar refractivity (Wildman–Crippen MR) is 110 cm³/mol. The van der Waals surface area contributed by atoms with Crippen LogP contribution >= 0.6 is 0 Å². The summed E-state index contributed by atoms with van der Waals surface area (Å²) in [6, 6.07) is 0. The van der Waals surface area contributed by atoms with Crippen LogP contribution in [0.5, 0.6) is 0 Å². The number of ether oxygens (including phenoxy) is 2. The van der Waals surface area contributed by atoms with Gasteiger partial charge in [-0.25, -0.2) is 0 Å². The van der Waals surface area contributed by atoms with Gasteiger partial charge in [-0.1, -0.05) is 0 Å². The Morgan fingerprint density at radius 3 is 2.08 bits per heavy atom. The summed E-state index contributed by atoms with van der Waals surface area (Å²) in [5.74, 6) is 0. The van der Waals surface area contributed by atoms with E-state index in [1.54, 1.807) is 7.11 Å². The third-order valence-electron chi connectivity index (χ3n) is 6.19. The van der Waals surface area contributed by atoms with E-state index < -0.39 is 32.3 Å². The fourth-order valence-electron chi connectivity index (χ4n) is 3.36. The fourth-order valence-corrected chi connectivity index (χ4v) is 11.4. The molecule has 1 aliphatic rings. The Hall–Kier alpha value is 0.596. The number of aliphatic hydroxyl groups is 1. The Morgan fingerprint density at radius 2 is 1.72 bits per heavy atom. The molecule has 0 amide bonds. The van der Waals surface area contributed by atoms with Crippen LogP contribution in [0.15, 0.2) is 9.67 Å². The average molecular weight is 479 g/mol. The summed E-state index contributed by atoms with van der Waals surface area (Å²) >= 11 is -2.54. The molecule has 0 unspecified atom stereocenters. The Labute approximate surface area is 160 Å². The molecule has 0 aromatic rings. The van der Waals surface area contributed by atoms with Gasteiger partial charge in [0.05, 0.1) is 0 Å². The van der Waals surface area contributed by atoms with Gasteiger partial charge in [-0.2, -0.15) is 0 Å². The monoisotopic (exact) mass is 480 g/mol. The summed E-state index contributed by atoms with van der Waals surface area (Å²) in [5.41, 5.74) is -1.07. The van der Waals surface area contributed by atoms with Crippen LogP contribution in [-0.4, -0.2) is 64.0 Å². The van der Waals surface area contributed by atoms with E-state index in [2.05, 4.69) is 68.6 Å². The topological polar surface area (TPSA) is 47.9 Å². The van der Waals surface area contributed by atoms with Crippen LogP contribution in [0.25, 0.3) is 0 Å². The third-order valence-corrected chi connectivity index (χ3v) is 16.9. The van der Waals surface area contributed by atoms with Crippen molar-refractivity contribution >= 4 is 26.7 Å². The van der Waals surface area contributed by atoms with Gasteiger partial charge in [0.1, 0.15) is 0 Å². The Morgan fingerprint density at radius 1 is 1.20 bits per heavy atom. The van der Waals surface area contributed by atoms with E-state index in [4.69, 9.17) is 13.9 Å². The third kappa shape index (κ3) is 4.37. The summed E-state index contributed by atoms with van der Waals surface area (Å²) in [7, 11) is -0.318. The van der Waals surface area contributed by atoms with Crippen LogP contribution in [0.4, 0.5) is 0 Å². The molecule has 25 heavy (non-hydrogen) atoms. The normalized spacial score (nSPS) is 27.5. The molecule has 0 fully saturated rings. The maximum absolute atomic E-state index is 10.5. The van der Waals surface area contributed by atoms with Crippen LogP contribution in [0.2, 0.25) is 33.0 Å². The van der Waals surface area contributed by atoms with Gasteiger partial charge in [0, 0.05) is 0 Å². The Balaban J connectivity index is 3.41. The molecule has 0 heterocycles. The van der Waals surface area contributed by atoms with Gasteiger partial charge in [-0.3, -0.25) is 0 Å². The Kier molecular flexibility index (Phi) is 7.14. The maximum atomic E-state index is 10.5. The summed E-state index contributed by atoms with van der Waals surface area (Å²) < 4.78 is 19.5. The SMILES string of the molecule is COCO[C@]1(CO)[C]([Sn]([CH3])([CH3])[CH3])=C[C@H](O[Si](C)(C)C(C)(C)C)C1(C)C. The van der Waals surface area contributed by atoms with E-state index in [0.29, 0.717) is 0 Å². The molecular weight excluding hydrogens is 439 g/mol. The quantitative estimate of drug-likeness (QED) is 0.430. The van der Waals surface area contributed by atoms with Crippen LogP contribution in [0, 0.1) is 5.41 Å². The van der Waals surface area contributed by atoms with Crippen molar-refractivity contribution in [2.45, 2.75) is 79.3 Å². The second kappa shape index (κ2) is 7.55. The fraction of sp³-hybridized carbons (Fsp3) is 0.895. The van der Waals surface area contributed by atoms with E-state index in [9.17, 15) is 5.11 Å². The number of hydrogen-bond acceptors (Lipinski definition) is 4. The molecular formula is C19H40O4SiSn. The van der Waals surface area contributed by atoms with E-state index in [1.165, 1.54) is 3.59 Å². The van der Waals surface area contributed by atoms with Crippen molar-refractivity contribution in [2.24, 2.45) is 5.41 Å². The van der Waals surface area contributed by atoms with Gasteiger partial charge in [0.2, 0.25) is 0 Å². The van der Waals surface area contributed by atoms with E-state index in [0.717, 1.165) is 0 Å². The molecule has 0 aliphatic heterocycles. The molecule has 0 bridgehead atoms. The first-order valence-corrected chi connectivity index (χ1v) is 22.1. The van der Waals surface area contributed by atoms with Crippen LogP contribution in [-0.2, 0) is 13.9 Å². The minimum atomic E-state index is -2.54. The van der Waals surface area contributed by atoms with Gasteiger partial charge in [-0.05, 0) is 0 Å².